The van der Waals surface area contributed by atoms with Crippen molar-refractivity contribution in [2.45, 2.75) is 64.2 Å². The molecule has 5 N–H and O–H groups in total. The summed E-state index contributed by atoms with van der Waals surface area (Å²) in [6, 6.07) is 15.6. The van der Waals surface area contributed by atoms with E-state index in [-0.39, 0.29) is 31.0 Å². The molecule has 4 aromatic rings. The number of para-hydroxylation sites is 1. The van der Waals surface area contributed by atoms with Crippen LogP contribution < -0.4 is 15.3 Å². The van der Waals surface area contributed by atoms with Gasteiger partial charge in [0.15, 0.2) is 17.7 Å². The molecular weight excluding hydrogens is 704 g/mol. The van der Waals surface area contributed by atoms with Crippen LogP contribution in [0.5, 0.6) is 5.75 Å². The van der Waals surface area contributed by atoms with Crippen molar-refractivity contribution in [3.05, 3.63) is 78.9 Å². The topological polar surface area (TPSA) is 223 Å². The highest BCUT2D eigenvalue weighted by molar-refractivity contribution is 7.63. The number of nitrogens with zero attached hydrogens (tertiary/aromatic N) is 5. The second-order valence-corrected chi connectivity index (χ2v) is 15.0. The number of aliphatic hydroxyl groups is 1. The van der Waals surface area contributed by atoms with Crippen molar-refractivity contribution in [1.29, 1.82) is 0 Å². The van der Waals surface area contributed by atoms with Crippen LogP contribution in [0.25, 0.3) is 11.2 Å². The molecule has 2 aromatic heterocycles. The number of anilines is 1. The van der Waals surface area contributed by atoms with Gasteiger partial charge >= 0.3 is 21.5 Å². The highest BCUT2D eigenvalue weighted by Crippen LogP contribution is 2.61. The number of benzene rings is 2. The molecule has 0 spiro atoms. The second-order valence-electron chi connectivity index (χ2n) is 11.7. The third-order valence-corrected chi connectivity index (χ3v) is 11.4. The Morgan fingerprint density at radius 2 is 1.80 bits per heavy atom. The van der Waals surface area contributed by atoms with E-state index in [0.717, 1.165) is 18.7 Å². The van der Waals surface area contributed by atoms with Crippen LogP contribution in [0.2, 0.25) is 0 Å². The van der Waals surface area contributed by atoms with E-state index in [0.29, 0.717) is 24.1 Å². The molecule has 0 radical (unpaired) electrons. The fourth-order valence-electron chi connectivity index (χ4n) is 5.48. The molecule has 1 aliphatic rings. The maximum absolute atomic E-state index is 14.3. The number of aromatic nitrogens is 4. The van der Waals surface area contributed by atoms with Crippen molar-refractivity contribution in [1.82, 2.24) is 29.5 Å². The Hall–Kier alpha value is -3.76. The number of imidazole rings is 1. The smallest absolute Gasteiger partial charge is 0.460 e. The molecule has 17 nitrogen and oxygen atoms in total. The summed E-state index contributed by atoms with van der Waals surface area (Å²) in [5.41, 5.74) is 7.25. The molecule has 3 unspecified atom stereocenters. The van der Waals surface area contributed by atoms with Crippen LogP contribution in [-0.2, 0) is 38.8 Å². The number of carbonyl (C=O) groups is 1. The summed E-state index contributed by atoms with van der Waals surface area (Å²) in [4.78, 5) is 38.7. The van der Waals surface area contributed by atoms with Gasteiger partial charge in [-0.25, -0.2) is 24.1 Å². The first kappa shape index (κ1) is 38.5. The quantitative estimate of drug-likeness (QED) is 0.0779. The standard InChI is InChI=1S/C32H43N7O10P2/c1-3-38(4-2)17-11-16-26(32(41)45-19-23-12-7-5-8-13-23)37-50(42,48-24-14-9-6-10-15-24)49-51(43,44)46-20-25-18-27(40)31(47-25)39-22-36-28-29(33)34-21-35-30(28)39/h5-10,12-15,21-22,25-27,31,40H,3-4,11,16-20H2,1-2H3,(H,37,42)(H,43,44)(H2,33,34,35)/t25-,26-,27?,31+,50?/m0/s1. The van der Waals surface area contributed by atoms with Gasteiger partial charge in [-0.05, 0) is 50.2 Å². The Balaban J connectivity index is 1.29. The van der Waals surface area contributed by atoms with Gasteiger partial charge in [-0.1, -0.05) is 62.4 Å². The first-order chi connectivity index (χ1) is 24.5. The number of hydrogen-bond acceptors (Lipinski definition) is 14. The molecule has 1 fully saturated rings. The molecule has 6 atom stereocenters. The van der Waals surface area contributed by atoms with E-state index in [1.54, 1.807) is 42.5 Å². The minimum atomic E-state index is -5.18. The molecule has 2 aromatic carbocycles. The predicted octanol–water partition coefficient (Wildman–Crippen LogP) is 4.20. The maximum Gasteiger partial charge on any atom is 0.481 e. The van der Waals surface area contributed by atoms with E-state index in [9.17, 15) is 23.9 Å². The van der Waals surface area contributed by atoms with Gasteiger partial charge < -0.3 is 34.6 Å². The molecular formula is C32H43N7O10P2. The monoisotopic (exact) mass is 747 g/mol. The van der Waals surface area contributed by atoms with E-state index >= 15 is 0 Å². The Kier molecular flexibility index (Phi) is 13.3. The molecule has 1 saturated heterocycles. The number of rotatable bonds is 19. The summed E-state index contributed by atoms with van der Waals surface area (Å²) in [7, 11) is -10.0. The number of hydrogen-bond donors (Lipinski definition) is 4. The van der Waals surface area contributed by atoms with Crippen LogP contribution in [0.4, 0.5) is 5.82 Å². The van der Waals surface area contributed by atoms with Crippen molar-refractivity contribution in [2.75, 3.05) is 32.0 Å². The summed E-state index contributed by atoms with van der Waals surface area (Å²) in [6.07, 6.45) is 0.340. The Morgan fingerprint density at radius 1 is 1.10 bits per heavy atom. The van der Waals surface area contributed by atoms with Crippen molar-refractivity contribution in [2.24, 2.45) is 0 Å². The Labute approximate surface area is 295 Å². The summed E-state index contributed by atoms with van der Waals surface area (Å²) < 4.78 is 56.7. The normalized spacial score (nSPS) is 20.5. The third-order valence-electron chi connectivity index (χ3n) is 8.11. The van der Waals surface area contributed by atoms with Gasteiger partial charge in [-0.3, -0.25) is 13.9 Å². The van der Waals surface area contributed by atoms with Crippen molar-refractivity contribution >= 4 is 38.5 Å². The number of phosphoric ester groups is 1. The van der Waals surface area contributed by atoms with Gasteiger partial charge in [-0.15, -0.1) is 0 Å². The van der Waals surface area contributed by atoms with Gasteiger partial charge in [0.1, 0.15) is 36.3 Å². The van der Waals surface area contributed by atoms with E-state index in [1.165, 1.54) is 29.4 Å². The summed E-state index contributed by atoms with van der Waals surface area (Å²) in [5, 5.41) is 13.3. The van der Waals surface area contributed by atoms with Gasteiger partial charge in [0.05, 0.1) is 19.0 Å². The van der Waals surface area contributed by atoms with Crippen molar-refractivity contribution < 1.29 is 46.8 Å². The lowest BCUT2D eigenvalue weighted by molar-refractivity contribution is -0.147. The number of ether oxygens (including phenoxy) is 2. The highest BCUT2D eigenvalue weighted by atomic mass is 31.3. The number of phosphoric acid groups is 1. The van der Waals surface area contributed by atoms with Crippen LogP contribution in [0.1, 0.15) is 44.9 Å². The summed E-state index contributed by atoms with van der Waals surface area (Å²) in [6.45, 7) is 5.66. The van der Waals surface area contributed by atoms with Gasteiger partial charge in [0.2, 0.25) is 0 Å². The maximum atomic E-state index is 14.3. The average molecular weight is 748 g/mol. The number of nitrogens with two attached hydrogens (primary N) is 1. The van der Waals surface area contributed by atoms with Crippen LogP contribution in [-0.4, -0.2) is 84.9 Å². The fraction of sp³-hybridized carbons (Fsp3) is 0.438. The third kappa shape index (κ3) is 10.6. The zero-order valence-corrected chi connectivity index (χ0v) is 30.1. The SMILES string of the molecule is CCN(CC)CCC[C@H](NP(=O)(Oc1ccccc1)OP(=O)(O)OC[C@@H]1CC(O)[C@H](n2cnc3c(N)ncnc32)O1)C(=O)OCc1ccccc1. The van der Waals surface area contributed by atoms with Crippen molar-refractivity contribution in [3.8, 4) is 5.75 Å². The molecule has 0 amide bonds. The first-order valence-corrected chi connectivity index (χ1v) is 19.5. The van der Waals surface area contributed by atoms with Crippen molar-refractivity contribution in [3.63, 3.8) is 0 Å². The van der Waals surface area contributed by atoms with Crippen LogP contribution in [0, 0.1) is 0 Å². The number of nitrogens with one attached hydrogen (secondary N) is 1. The molecule has 19 heteroatoms. The minimum Gasteiger partial charge on any atom is -0.460 e. The summed E-state index contributed by atoms with van der Waals surface area (Å²) >= 11 is 0. The molecule has 3 heterocycles. The largest absolute Gasteiger partial charge is 0.481 e. The van der Waals surface area contributed by atoms with Crippen LogP contribution >= 0.6 is 15.6 Å². The minimum absolute atomic E-state index is 0.00317. The zero-order valence-electron chi connectivity index (χ0n) is 28.3. The van der Waals surface area contributed by atoms with Gasteiger partial charge in [-0.2, -0.15) is 9.40 Å². The predicted molar refractivity (Wildman–Crippen MR) is 186 cm³/mol. The lowest BCUT2D eigenvalue weighted by atomic mass is 10.1. The molecule has 0 saturated carbocycles. The highest BCUT2D eigenvalue weighted by Gasteiger charge is 2.43. The Bertz CT molecular complexity index is 1820. The van der Waals surface area contributed by atoms with Crippen LogP contribution in [0.15, 0.2) is 73.3 Å². The number of fused-ring (bicyclic) bond motifs is 1. The summed E-state index contributed by atoms with van der Waals surface area (Å²) in [5.74, 6) is -0.572. The molecule has 0 aliphatic carbocycles. The van der Waals surface area contributed by atoms with E-state index in [4.69, 9.17) is 28.6 Å². The van der Waals surface area contributed by atoms with Gasteiger partial charge in [0.25, 0.3) is 0 Å². The number of nitrogen functional groups attached to an aromatic ring is 1. The number of aliphatic hydroxyl groups excluding tert-OH is 1. The first-order valence-electron chi connectivity index (χ1n) is 16.5. The van der Waals surface area contributed by atoms with Crippen LogP contribution in [0.3, 0.4) is 0 Å². The molecule has 276 valence electrons. The number of esters is 1. The Morgan fingerprint density at radius 3 is 2.51 bits per heavy atom. The van der Waals surface area contributed by atoms with E-state index in [1.807, 2.05) is 19.9 Å². The lowest BCUT2D eigenvalue weighted by Crippen LogP contribution is -2.38. The molecule has 51 heavy (non-hydrogen) atoms. The van der Waals surface area contributed by atoms with Gasteiger partial charge in [0, 0.05) is 6.42 Å². The zero-order chi connectivity index (χ0) is 36.4. The van der Waals surface area contributed by atoms with E-state index in [2.05, 4.69) is 24.9 Å². The second kappa shape index (κ2) is 17.6. The number of carbonyl (C=O) groups excluding carboxylic acids is 1. The molecule has 5 rings (SSSR count). The van der Waals surface area contributed by atoms with E-state index < -0.39 is 52.6 Å². The fourth-order valence-corrected chi connectivity index (χ4v) is 8.50. The molecule has 0 bridgehead atoms. The molecule has 1 aliphatic heterocycles. The average Bonchev–Trinajstić information content (AvgIpc) is 3.72. The lowest BCUT2D eigenvalue weighted by Gasteiger charge is -2.26.